The molecule has 2 unspecified atom stereocenters. The number of carbonyl (C=O) groups excluding carboxylic acids is 2. The molecule has 0 saturated carbocycles. The van der Waals surface area contributed by atoms with E-state index < -0.39 is 0 Å². The molecule has 1 amide bonds. The van der Waals surface area contributed by atoms with Gasteiger partial charge in [0.25, 0.3) is 0 Å². The molecule has 1 aliphatic carbocycles. The first kappa shape index (κ1) is 22.8. The van der Waals surface area contributed by atoms with Gasteiger partial charge in [0.05, 0.1) is 12.7 Å². The van der Waals surface area contributed by atoms with Gasteiger partial charge in [0.1, 0.15) is 12.4 Å². The molecular weight excluding hydrogens is 452 g/mol. The Labute approximate surface area is 211 Å². The maximum atomic E-state index is 13.4. The van der Waals surface area contributed by atoms with Gasteiger partial charge in [-0.2, -0.15) is 0 Å². The topological polar surface area (TPSA) is 68.7 Å². The lowest BCUT2D eigenvalue weighted by Crippen LogP contribution is -2.55. The summed E-state index contributed by atoms with van der Waals surface area (Å²) >= 11 is 0. The molecule has 6 rings (SSSR count). The van der Waals surface area contributed by atoms with E-state index in [1.807, 2.05) is 17.0 Å². The van der Waals surface area contributed by atoms with Crippen LogP contribution < -0.4 is 4.74 Å². The highest BCUT2D eigenvalue weighted by molar-refractivity contribution is 6.00. The number of hydrogen-bond acceptors (Lipinski definition) is 5. The second kappa shape index (κ2) is 9.41. The molecule has 2 atom stereocenters. The van der Waals surface area contributed by atoms with Crippen LogP contribution in [0.3, 0.4) is 0 Å². The number of ether oxygens (including phenoxy) is 2. The molecule has 2 aromatic carbocycles. The number of pyridine rings is 1. The second-order valence-electron chi connectivity index (χ2n) is 10.1. The minimum absolute atomic E-state index is 0.0183. The molecular formula is C30H30N2O4. The molecule has 2 bridgehead atoms. The molecule has 184 valence electrons. The van der Waals surface area contributed by atoms with Crippen LogP contribution >= 0.6 is 0 Å². The van der Waals surface area contributed by atoms with Gasteiger partial charge >= 0.3 is 6.09 Å². The van der Waals surface area contributed by atoms with Gasteiger partial charge < -0.3 is 14.4 Å². The van der Waals surface area contributed by atoms with Crippen LogP contribution in [0.1, 0.15) is 59.5 Å². The number of aromatic nitrogens is 1. The molecule has 0 spiro atoms. The minimum Gasteiger partial charge on any atom is -0.496 e. The summed E-state index contributed by atoms with van der Waals surface area (Å²) < 4.78 is 11.4. The summed E-state index contributed by atoms with van der Waals surface area (Å²) in [6.07, 6.45) is 7.13. The third kappa shape index (κ3) is 3.85. The summed E-state index contributed by atoms with van der Waals surface area (Å²) in [6.45, 7) is 0.318. The van der Waals surface area contributed by atoms with Gasteiger partial charge in [-0.3, -0.25) is 9.78 Å². The Morgan fingerprint density at radius 2 is 1.58 bits per heavy atom. The fraction of sp³-hybridized carbons (Fsp3) is 0.367. The molecule has 2 aliphatic heterocycles. The zero-order valence-corrected chi connectivity index (χ0v) is 20.4. The van der Waals surface area contributed by atoms with E-state index in [-0.39, 0.29) is 35.8 Å². The molecule has 3 heterocycles. The number of hydrogen-bond donors (Lipinski definition) is 0. The number of carbonyl (C=O) groups is 2. The molecule has 3 aromatic rings. The second-order valence-corrected chi connectivity index (χ2v) is 10.1. The lowest BCUT2D eigenvalue weighted by Gasteiger charge is -2.47. The van der Waals surface area contributed by atoms with Crippen LogP contribution in [-0.4, -0.2) is 47.6 Å². The van der Waals surface area contributed by atoms with Crippen molar-refractivity contribution >= 4 is 11.9 Å². The van der Waals surface area contributed by atoms with Crippen molar-refractivity contribution < 1.29 is 19.1 Å². The lowest BCUT2D eigenvalue weighted by atomic mass is 9.76. The molecule has 2 saturated heterocycles. The molecule has 0 N–H and O–H groups in total. The number of nitrogens with zero attached hydrogens (tertiary/aromatic N) is 2. The number of rotatable bonds is 5. The van der Waals surface area contributed by atoms with Gasteiger partial charge in [0.15, 0.2) is 5.78 Å². The Morgan fingerprint density at radius 1 is 0.944 bits per heavy atom. The van der Waals surface area contributed by atoms with Gasteiger partial charge in [-0.15, -0.1) is 0 Å². The van der Waals surface area contributed by atoms with Gasteiger partial charge in [-0.25, -0.2) is 4.79 Å². The molecule has 6 nitrogen and oxygen atoms in total. The lowest BCUT2D eigenvalue weighted by molar-refractivity contribution is 0.00644. The number of amides is 1. The first-order valence-electron chi connectivity index (χ1n) is 12.8. The molecule has 1 aromatic heterocycles. The monoisotopic (exact) mass is 482 g/mol. The van der Waals surface area contributed by atoms with Crippen molar-refractivity contribution in [2.75, 3.05) is 13.7 Å². The number of methoxy groups -OCH3 is 1. The van der Waals surface area contributed by atoms with Crippen molar-refractivity contribution in [3.05, 3.63) is 83.7 Å². The minimum atomic E-state index is -0.253. The Hall–Kier alpha value is -3.67. The first-order valence-corrected chi connectivity index (χ1v) is 12.8. The molecule has 3 aliphatic rings. The van der Waals surface area contributed by atoms with Crippen LogP contribution in [0.5, 0.6) is 5.75 Å². The SMILES string of the molecule is COc1ccncc1C(=O)C1CC2CCCC(C1)N2C(=O)OCC1c2ccccc2-c2ccccc21. The molecule has 2 fully saturated rings. The smallest absolute Gasteiger partial charge is 0.410 e. The van der Waals surface area contributed by atoms with E-state index in [0.29, 0.717) is 30.8 Å². The van der Waals surface area contributed by atoms with E-state index in [9.17, 15) is 9.59 Å². The predicted molar refractivity (Wildman–Crippen MR) is 136 cm³/mol. The zero-order chi connectivity index (χ0) is 24.6. The summed E-state index contributed by atoms with van der Waals surface area (Å²) in [5.74, 6) is 0.512. The Morgan fingerprint density at radius 3 is 2.22 bits per heavy atom. The maximum Gasteiger partial charge on any atom is 0.410 e. The highest BCUT2D eigenvalue weighted by atomic mass is 16.6. The van der Waals surface area contributed by atoms with Gasteiger partial charge in [0, 0.05) is 36.3 Å². The summed E-state index contributed by atoms with van der Waals surface area (Å²) in [7, 11) is 1.57. The van der Waals surface area contributed by atoms with Gasteiger partial charge in [-0.05, 0) is 60.4 Å². The Bertz CT molecular complexity index is 1250. The van der Waals surface area contributed by atoms with E-state index in [0.717, 1.165) is 19.3 Å². The standard InChI is InChI=1S/C30H30N2O4/c1-35-28-13-14-31-17-26(28)29(33)19-15-20-7-6-8-21(16-19)32(20)30(34)36-18-27-24-11-4-2-9-22(24)23-10-3-5-12-25(23)27/h2-5,9-14,17,19-21,27H,6-8,15-16,18H2,1H3. The van der Waals surface area contributed by atoms with Crippen LogP contribution in [0, 0.1) is 5.92 Å². The first-order chi connectivity index (χ1) is 17.7. The van der Waals surface area contributed by atoms with Crippen molar-refractivity contribution in [1.29, 1.82) is 0 Å². The highest BCUT2D eigenvalue weighted by Gasteiger charge is 2.44. The number of ketones is 1. The van der Waals surface area contributed by atoms with Crippen LogP contribution in [0.4, 0.5) is 4.79 Å². The van der Waals surface area contributed by atoms with Crippen LogP contribution in [0.25, 0.3) is 11.1 Å². The van der Waals surface area contributed by atoms with E-state index >= 15 is 0 Å². The van der Waals surface area contributed by atoms with E-state index in [1.54, 1.807) is 25.6 Å². The van der Waals surface area contributed by atoms with Crippen LogP contribution in [0.2, 0.25) is 0 Å². The van der Waals surface area contributed by atoms with Crippen molar-refractivity contribution in [1.82, 2.24) is 9.88 Å². The van der Waals surface area contributed by atoms with Crippen molar-refractivity contribution in [3.63, 3.8) is 0 Å². The Kier molecular flexibility index (Phi) is 5.96. The fourth-order valence-electron chi connectivity index (χ4n) is 6.53. The zero-order valence-electron chi connectivity index (χ0n) is 20.4. The highest BCUT2D eigenvalue weighted by Crippen LogP contribution is 2.45. The summed E-state index contributed by atoms with van der Waals surface area (Å²) in [6, 6.07) is 18.5. The van der Waals surface area contributed by atoms with Crippen molar-refractivity contribution in [2.45, 2.75) is 50.1 Å². The average molecular weight is 483 g/mol. The number of fused-ring (bicyclic) bond motifs is 5. The van der Waals surface area contributed by atoms with E-state index in [1.165, 1.54) is 22.3 Å². The quantitative estimate of drug-likeness (QED) is 0.427. The Balaban J connectivity index is 1.17. The van der Waals surface area contributed by atoms with E-state index in [4.69, 9.17) is 9.47 Å². The number of Topliss-reactive ketones (excluding diaryl/α,β-unsaturated/α-hetero) is 1. The third-order valence-electron chi connectivity index (χ3n) is 8.16. The fourth-order valence-corrected chi connectivity index (χ4v) is 6.53. The van der Waals surface area contributed by atoms with Crippen molar-refractivity contribution in [3.8, 4) is 16.9 Å². The summed E-state index contributed by atoms with van der Waals surface area (Å²) in [5, 5.41) is 0. The normalized spacial score (nSPS) is 22.5. The molecule has 36 heavy (non-hydrogen) atoms. The third-order valence-corrected chi connectivity index (χ3v) is 8.16. The molecule has 6 heteroatoms. The average Bonchev–Trinajstić information content (AvgIpc) is 3.24. The summed E-state index contributed by atoms with van der Waals surface area (Å²) in [4.78, 5) is 32.9. The van der Waals surface area contributed by atoms with Gasteiger partial charge in [0.2, 0.25) is 0 Å². The van der Waals surface area contributed by atoms with E-state index in [2.05, 4.69) is 41.4 Å². The van der Waals surface area contributed by atoms with Crippen LogP contribution in [0.15, 0.2) is 67.0 Å². The van der Waals surface area contributed by atoms with Crippen LogP contribution in [-0.2, 0) is 4.74 Å². The number of piperidine rings is 2. The number of benzene rings is 2. The maximum absolute atomic E-state index is 13.4. The summed E-state index contributed by atoms with van der Waals surface area (Å²) in [5.41, 5.74) is 5.38. The van der Waals surface area contributed by atoms with Crippen molar-refractivity contribution in [2.24, 2.45) is 5.92 Å². The largest absolute Gasteiger partial charge is 0.496 e. The predicted octanol–water partition coefficient (Wildman–Crippen LogP) is 5.86. The molecule has 0 radical (unpaired) electrons. The van der Waals surface area contributed by atoms with Gasteiger partial charge in [-0.1, -0.05) is 48.5 Å².